The Morgan fingerprint density at radius 1 is 1.28 bits per heavy atom. The molecule has 0 aromatic heterocycles. The summed E-state index contributed by atoms with van der Waals surface area (Å²) in [5.74, 6) is -0.148. The van der Waals surface area contributed by atoms with Crippen LogP contribution in [0.1, 0.15) is 18.9 Å². The van der Waals surface area contributed by atoms with Gasteiger partial charge in [-0.3, -0.25) is 19.2 Å². The second kappa shape index (κ2) is 8.91. The van der Waals surface area contributed by atoms with Crippen LogP contribution in [0.15, 0.2) is 42.5 Å². The minimum atomic E-state index is -3.81. The Balaban J connectivity index is 2.44. The molecule has 0 spiro atoms. The van der Waals surface area contributed by atoms with Gasteiger partial charge in [0.05, 0.1) is 29.7 Å². The van der Waals surface area contributed by atoms with Crippen LogP contribution in [-0.2, 0) is 14.8 Å². The van der Waals surface area contributed by atoms with Crippen molar-refractivity contribution in [3.63, 3.8) is 0 Å². The van der Waals surface area contributed by atoms with Crippen molar-refractivity contribution in [2.24, 2.45) is 0 Å². The van der Waals surface area contributed by atoms with Crippen LogP contribution < -0.4 is 14.4 Å². The van der Waals surface area contributed by atoms with Gasteiger partial charge in [0.2, 0.25) is 15.9 Å². The molecule has 1 N–H and O–H groups in total. The number of sulfonamides is 1. The molecule has 156 valence electrons. The van der Waals surface area contributed by atoms with E-state index < -0.39 is 26.9 Å². The van der Waals surface area contributed by atoms with E-state index in [1.54, 1.807) is 32.0 Å². The molecule has 0 aliphatic heterocycles. The average molecular weight is 421 g/mol. The number of nitro benzene ring substituents is 1. The number of nitrogens with one attached hydrogen (secondary N) is 1. The molecule has 9 nitrogen and oxygen atoms in total. The van der Waals surface area contributed by atoms with Crippen molar-refractivity contribution in [3.05, 3.63) is 58.1 Å². The Hall–Kier alpha value is -3.14. The molecular formula is C19H23N3O6S. The Labute approximate surface area is 169 Å². The molecular weight excluding hydrogens is 398 g/mol. The lowest BCUT2D eigenvalue weighted by molar-refractivity contribution is -0.384. The van der Waals surface area contributed by atoms with Crippen molar-refractivity contribution in [3.8, 4) is 5.75 Å². The van der Waals surface area contributed by atoms with E-state index in [9.17, 15) is 23.3 Å². The van der Waals surface area contributed by atoms with Gasteiger partial charge in [0.25, 0.3) is 5.69 Å². The van der Waals surface area contributed by atoms with Gasteiger partial charge >= 0.3 is 0 Å². The van der Waals surface area contributed by atoms with E-state index in [0.29, 0.717) is 11.3 Å². The molecule has 0 bridgehead atoms. The normalized spacial score (nSPS) is 12.1. The molecule has 1 amide bonds. The van der Waals surface area contributed by atoms with Gasteiger partial charge < -0.3 is 10.1 Å². The number of amides is 1. The van der Waals surface area contributed by atoms with E-state index in [2.05, 4.69) is 5.32 Å². The summed E-state index contributed by atoms with van der Waals surface area (Å²) in [6.07, 6.45) is 1.20. The maximum atomic E-state index is 13.0. The number of benzene rings is 2. The van der Waals surface area contributed by atoms with Crippen molar-refractivity contribution >= 4 is 33.0 Å². The molecule has 0 unspecified atom stereocenters. The van der Waals surface area contributed by atoms with E-state index in [1.165, 1.54) is 31.4 Å². The number of nitro groups is 1. The zero-order chi connectivity index (χ0) is 21.8. The van der Waals surface area contributed by atoms with Crippen LogP contribution in [0.5, 0.6) is 5.75 Å². The number of carbonyl (C=O) groups excluding carboxylic acids is 1. The molecule has 10 heteroatoms. The first-order valence-corrected chi connectivity index (χ1v) is 10.6. The zero-order valence-corrected chi connectivity index (χ0v) is 17.4. The lowest BCUT2D eigenvalue weighted by Crippen LogP contribution is -2.47. The fraction of sp³-hybridized carbons (Fsp3) is 0.316. The van der Waals surface area contributed by atoms with Gasteiger partial charge in [-0.2, -0.15) is 0 Å². The monoisotopic (exact) mass is 421 g/mol. The highest BCUT2D eigenvalue weighted by atomic mass is 32.2. The Bertz CT molecular complexity index is 1020. The molecule has 0 fully saturated rings. The van der Waals surface area contributed by atoms with Crippen molar-refractivity contribution in [2.75, 3.05) is 23.0 Å². The molecule has 0 aliphatic rings. The van der Waals surface area contributed by atoms with Crippen LogP contribution in [0.2, 0.25) is 0 Å². The molecule has 0 saturated heterocycles. The largest absolute Gasteiger partial charge is 0.497 e. The summed E-state index contributed by atoms with van der Waals surface area (Å²) < 4.78 is 31.2. The first-order valence-electron chi connectivity index (χ1n) is 8.77. The standard InChI is InChI=1S/C19H23N3O6S/c1-5-18(19(23)20-17-12-15(22(24)25)10-9-13(17)2)21(29(4,26)27)14-7-6-8-16(11-14)28-3/h6-12,18H,5H2,1-4H3,(H,20,23)/t18-/m1/s1. The number of hydrogen-bond donors (Lipinski definition) is 1. The fourth-order valence-electron chi connectivity index (χ4n) is 2.88. The number of ether oxygens (including phenoxy) is 1. The van der Waals surface area contributed by atoms with Crippen LogP contribution in [0.4, 0.5) is 17.1 Å². The Morgan fingerprint density at radius 3 is 2.52 bits per heavy atom. The second-order valence-corrected chi connectivity index (χ2v) is 8.29. The molecule has 0 aliphatic carbocycles. The van der Waals surface area contributed by atoms with E-state index in [4.69, 9.17) is 4.74 Å². The van der Waals surface area contributed by atoms with Crippen LogP contribution in [0.25, 0.3) is 0 Å². The van der Waals surface area contributed by atoms with Crippen molar-refractivity contribution in [1.82, 2.24) is 0 Å². The molecule has 0 radical (unpaired) electrons. The van der Waals surface area contributed by atoms with E-state index >= 15 is 0 Å². The molecule has 0 saturated carbocycles. The highest BCUT2D eigenvalue weighted by Crippen LogP contribution is 2.28. The first kappa shape index (κ1) is 22.2. The number of hydrogen-bond acceptors (Lipinski definition) is 6. The van der Waals surface area contributed by atoms with Gasteiger partial charge in [-0.15, -0.1) is 0 Å². The highest BCUT2D eigenvalue weighted by molar-refractivity contribution is 7.92. The quantitative estimate of drug-likeness (QED) is 0.517. The summed E-state index contributed by atoms with van der Waals surface area (Å²) in [7, 11) is -2.36. The Morgan fingerprint density at radius 2 is 1.97 bits per heavy atom. The summed E-state index contributed by atoms with van der Waals surface area (Å²) in [6, 6.07) is 9.42. The van der Waals surface area contributed by atoms with Crippen LogP contribution in [0, 0.1) is 17.0 Å². The van der Waals surface area contributed by atoms with Crippen LogP contribution >= 0.6 is 0 Å². The molecule has 2 aromatic rings. The van der Waals surface area contributed by atoms with E-state index in [0.717, 1.165) is 10.6 Å². The number of rotatable bonds is 8. The number of methoxy groups -OCH3 is 1. The van der Waals surface area contributed by atoms with Crippen LogP contribution in [0.3, 0.4) is 0 Å². The van der Waals surface area contributed by atoms with Gasteiger partial charge in [0.15, 0.2) is 0 Å². The molecule has 2 rings (SSSR count). The van der Waals surface area contributed by atoms with E-state index in [1.807, 2.05) is 0 Å². The third-order valence-electron chi connectivity index (χ3n) is 4.33. The molecule has 2 aromatic carbocycles. The fourth-order valence-corrected chi connectivity index (χ4v) is 4.09. The van der Waals surface area contributed by atoms with Gasteiger partial charge in [0.1, 0.15) is 11.8 Å². The molecule has 1 atom stereocenters. The number of non-ortho nitro benzene ring substituents is 1. The average Bonchev–Trinajstić information content (AvgIpc) is 2.66. The number of aryl methyl sites for hydroxylation is 1. The van der Waals surface area contributed by atoms with Crippen LogP contribution in [-0.4, -0.2) is 38.7 Å². The Kier molecular flexibility index (Phi) is 6.80. The lowest BCUT2D eigenvalue weighted by atomic mass is 10.1. The van der Waals surface area contributed by atoms with E-state index in [-0.39, 0.29) is 23.5 Å². The van der Waals surface area contributed by atoms with Crippen molar-refractivity contribution in [2.45, 2.75) is 26.3 Å². The minimum absolute atomic E-state index is 0.174. The third kappa shape index (κ3) is 5.23. The van der Waals surface area contributed by atoms with Gasteiger partial charge in [0, 0.05) is 18.2 Å². The van der Waals surface area contributed by atoms with Crippen molar-refractivity contribution in [1.29, 1.82) is 0 Å². The number of anilines is 2. The summed E-state index contributed by atoms with van der Waals surface area (Å²) in [4.78, 5) is 23.4. The van der Waals surface area contributed by atoms with Gasteiger partial charge in [-0.1, -0.05) is 19.1 Å². The number of nitrogens with zero attached hydrogens (tertiary/aromatic N) is 2. The smallest absolute Gasteiger partial charge is 0.271 e. The third-order valence-corrected chi connectivity index (χ3v) is 5.51. The summed E-state index contributed by atoms with van der Waals surface area (Å²) >= 11 is 0. The zero-order valence-electron chi connectivity index (χ0n) is 16.6. The summed E-state index contributed by atoms with van der Waals surface area (Å²) in [5.41, 5.74) is 0.976. The topological polar surface area (TPSA) is 119 Å². The highest BCUT2D eigenvalue weighted by Gasteiger charge is 2.32. The number of carbonyl (C=O) groups is 1. The van der Waals surface area contributed by atoms with Gasteiger partial charge in [-0.25, -0.2) is 8.42 Å². The minimum Gasteiger partial charge on any atom is -0.497 e. The first-order chi connectivity index (χ1) is 13.6. The lowest BCUT2D eigenvalue weighted by Gasteiger charge is -2.30. The second-order valence-electron chi connectivity index (χ2n) is 6.43. The van der Waals surface area contributed by atoms with Crippen molar-refractivity contribution < 1.29 is 22.9 Å². The molecule has 0 heterocycles. The SMILES string of the molecule is CC[C@H](C(=O)Nc1cc([N+](=O)[O-])ccc1C)N(c1cccc(OC)c1)S(C)(=O)=O. The maximum Gasteiger partial charge on any atom is 0.271 e. The maximum absolute atomic E-state index is 13.0. The predicted octanol–water partition coefficient (Wildman–Crippen LogP) is 3.10. The predicted molar refractivity (Wildman–Crippen MR) is 111 cm³/mol. The van der Waals surface area contributed by atoms with Gasteiger partial charge in [-0.05, 0) is 31.0 Å². The summed E-state index contributed by atoms with van der Waals surface area (Å²) in [5, 5.41) is 13.6. The summed E-state index contributed by atoms with van der Waals surface area (Å²) in [6.45, 7) is 3.37. The molecule has 29 heavy (non-hydrogen) atoms.